The van der Waals surface area contributed by atoms with E-state index in [4.69, 9.17) is 0 Å². The summed E-state index contributed by atoms with van der Waals surface area (Å²) in [6, 6.07) is 23.6. The van der Waals surface area contributed by atoms with Gasteiger partial charge in [0.15, 0.2) is 0 Å². The van der Waals surface area contributed by atoms with Gasteiger partial charge in [-0.25, -0.2) is 0 Å². The summed E-state index contributed by atoms with van der Waals surface area (Å²) in [4.78, 5) is 15.2. The molecule has 1 heterocycles. The van der Waals surface area contributed by atoms with E-state index in [1.165, 1.54) is 0 Å². The van der Waals surface area contributed by atoms with Gasteiger partial charge < -0.3 is 5.32 Å². The zero-order valence-corrected chi connectivity index (χ0v) is 15.3. The van der Waals surface area contributed by atoms with Gasteiger partial charge in [0.05, 0.1) is 5.56 Å². The van der Waals surface area contributed by atoms with Crippen LogP contribution in [-0.4, -0.2) is 5.91 Å². The monoisotopic (exact) mass is 392 g/mol. The molecule has 1 atom stereocenters. The molecule has 0 bridgehead atoms. The highest BCUT2D eigenvalue weighted by molar-refractivity contribution is 9.10. The molecule has 0 spiro atoms. The van der Waals surface area contributed by atoms with Gasteiger partial charge in [-0.15, -0.1) is 0 Å². The fraction of sp³-hybridized carbons (Fsp3) is 0.0952. The standard InChI is InChI=1S/C21H17BrN2O/c1-14-8-2-7-13-19(14)24-20(15-9-3-5-11-17(15)22)23-18-12-6-4-10-16(18)21(24)25/h2-13,20,23H,1H3/t20-/m1/s1. The maximum Gasteiger partial charge on any atom is 0.262 e. The van der Waals surface area contributed by atoms with Crippen LogP contribution in [0.3, 0.4) is 0 Å². The molecule has 3 nitrogen and oxygen atoms in total. The van der Waals surface area contributed by atoms with Gasteiger partial charge in [0, 0.05) is 21.4 Å². The second-order valence-corrected chi connectivity index (χ2v) is 6.93. The Bertz CT molecular complexity index is 954. The third kappa shape index (κ3) is 2.72. The van der Waals surface area contributed by atoms with E-state index in [1.54, 1.807) is 0 Å². The molecule has 0 unspecified atom stereocenters. The van der Waals surface area contributed by atoms with E-state index in [9.17, 15) is 4.79 Å². The maximum atomic E-state index is 13.3. The summed E-state index contributed by atoms with van der Waals surface area (Å²) in [5, 5.41) is 3.54. The van der Waals surface area contributed by atoms with Gasteiger partial charge in [-0.05, 0) is 36.8 Å². The minimum atomic E-state index is -0.279. The first-order valence-electron chi connectivity index (χ1n) is 8.16. The Kier molecular flexibility index (Phi) is 4.06. The highest BCUT2D eigenvalue weighted by Crippen LogP contribution is 2.39. The summed E-state index contributed by atoms with van der Waals surface area (Å²) in [6.45, 7) is 2.03. The van der Waals surface area contributed by atoms with E-state index >= 15 is 0 Å². The van der Waals surface area contributed by atoms with E-state index in [-0.39, 0.29) is 12.1 Å². The third-order valence-electron chi connectivity index (χ3n) is 4.50. The first-order valence-corrected chi connectivity index (χ1v) is 8.95. The van der Waals surface area contributed by atoms with Crippen molar-refractivity contribution in [1.82, 2.24) is 0 Å². The molecule has 1 aliphatic rings. The summed E-state index contributed by atoms with van der Waals surface area (Å²) in [5.74, 6) is 0.00408. The van der Waals surface area contributed by atoms with Crippen LogP contribution < -0.4 is 10.2 Å². The number of hydrogen-bond acceptors (Lipinski definition) is 2. The second kappa shape index (κ2) is 6.37. The van der Waals surface area contributed by atoms with Crippen molar-refractivity contribution in [2.45, 2.75) is 13.1 Å². The van der Waals surface area contributed by atoms with Gasteiger partial charge in [0.2, 0.25) is 0 Å². The van der Waals surface area contributed by atoms with Crippen molar-refractivity contribution in [1.29, 1.82) is 0 Å². The minimum absolute atomic E-state index is 0.00408. The number of halogens is 1. The lowest BCUT2D eigenvalue weighted by Gasteiger charge is -2.39. The normalized spacial score (nSPS) is 16.3. The summed E-state index contributed by atoms with van der Waals surface area (Å²) in [7, 11) is 0. The molecule has 3 aromatic rings. The summed E-state index contributed by atoms with van der Waals surface area (Å²) < 4.78 is 0.971. The molecule has 124 valence electrons. The Morgan fingerprint density at radius 2 is 1.60 bits per heavy atom. The van der Waals surface area contributed by atoms with Gasteiger partial charge in [-0.2, -0.15) is 0 Å². The van der Waals surface area contributed by atoms with Gasteiger partial charge in [-0.3, -0.25) is 9.69 Å². The van der Waals surface area contributed by atoms with Crippen LogP contribution in [0, 0.1) is 6.92 Å². The van der Waals surface area contributed by atoms with Crippen molar-refractivity contribution in [3.05, 3.63) is 94.0 Å². The number of amides is 1. The molecule has 0 aromatic heterocycles. The number of anilines is 2. The lowest BCUT2D eigenvalue weighted by molar-refractivity contribution is 0.0974. The Labute approximate surface area is 155 Å². The fourth-order valence-electron chi connectivity index (χ4n) is 3.25. The first kappa shape index (κ1) is 15.9. The topological polar surface area (TPSA) is 32.3 Å². The highest BCUT2D eigenvalue weighted by Gasteiger charge is 2.35. The van der Waals surface area contributed by atoms with Crippen molar-refractivity contribution >= 4 is 33.2 Å². The Hall–Kier alpha value is -2.59. The molecule has 4 rings (SSSR count). The van der Waals surface area contributed by atoms with E-state index in [0.717, 1.165) is 27.0 Å². The summed E-state index contributed by atoms with van der Waals surface area (Å²) in [5.41, 5.74) is 4.55. The molecule has 0 radical (unpaired) electrons. The van der Waals surface area contributed by atoms with Crippen LogP contribution >= 0.6 is 15.9 Å². The predicted octanol–water partition coefficient (Wildman–Crippen LogP) is 5.53. The molecule has 1 aliphatic heterocycles. The van der Waals surface area contributed by atoms with Crippen LogP contribution in [0.5, 0.6) is 0 Å². The Morgan fingerprint density at radius 3 is 2.40 bits per heavy atom. The van der Waals surface area contributed by atoms with Gasteiger partial charge in [0.1, 0.15) is 6.17 Å². The number of rotatable bonds is 2. The van der Waals surface area contributed by atoms with Crippen molar-refractivity contribution < 1.29 is 4.79 Å². The van der Waals surface area contributed by atoms with Crippen LogP contribution in [0.1, 0.15) is 27.7 Å². The number of carbonyl (C=O) groups excluding carboxylic acids is 1. The number of nitrogens with zero attached hydrogens (tertiary/aromatic N) is 1. The van der Waals surface area contributed by atoms with Crippen molar-refractivity contribution in [2.75, 3.05) is 10.2 Å². The fourth-order valence-corrected chi connectivity index (χ4v) is 3.75. The predicted molar refractivity (Wildman–Crippen MR) is 105 cm³/mol. The molecule has 25 heavy (non-hydrogen) atoms. The van der Waals surface area contributed by atoms with Gasteiger partial charge in [-0.1, -0.05) is 64.5 Å². The van der Waals surface area contributed by atoms with Crippen LogP contribution in [0.4, 0.5) is 11.4 Å². The first-order chi connectivity index (χ1) is 12.2. The Morgan fingerprint density at radius 1 is 0.920 bits per heavy atom. The molecule has 0 aliphatic carbocycles. The largest absolute Gasteiger partial charge is 0.360 e. The van der Waals surface area contributed by atoms with E-state index in [1.807, 2.05) is 84.6 Å². The maximum absolute atomic E-state index is 13.3. The lowest BCUT2D eigenvalue weighted by atomic mass is 10.0. The summed E-state index contributed by atoms with van der Waals surface area (Å²) >= 11 is 3.63. The number of carbonyl (C=O) groups is 1. The molecule has 0 fully saturated rings. The number of para-hydroxylation sites is 2. The van der Waals surface area contributed by atoms with Crippen molar-refractivity contribution in [2.24, 2.45) is 0 Å². The number of aryl methyl sites for hydroxylation is 1. The van der Waals surface area contributed by atoms with Crippen molar-refractivity contribution in [3.8, 4) is 0 Å². The minimum Gasteiger partial charge on any atom is -0.360 e. The Balaban J connectivity index is 1.92. The molecule has 0 saturated heterocycles. The number of hydrogen-bond donors (Lipinski definition) is 1. The zero-order chi connectivity index (χ0) is 17.4. The molecule has 0 saturated carbocycles. The molecular formula is C21H17BrN2O. The average Bonchev–Trinajstić information content (AvgIpc) is 2.63. The third-order valence-corrected chi connectivity index (χ3v) is 5.22. The average molecular weight is 393 g/mol. The van der Waals surface area contributed by atoms with Crippen LogP contribution in [0.15, 0.2) is 77.3 Å². The van der Waals surface area contributed by atoms with Crippen LogP contribution in [0.25, 0.3) is 0 Å². The van der Waals surface area contributed by atoms with E-state index in [0.29, 0.717) is 5.56 Å². The second-order valence-electron chi connectivity index (χ2n) is 6.08. The quantitative estimate of drug-likeness (QED) is 0.621. The van der Waals surface area contributed by atoms with E-state index in [2.05, 4.69) is 21.2 Å². The van der Waals surface area contributed by atoms with Crippen LogP contribution in [0.2, 0.25) is 0 Å². The number of benzene rings is 3. The zero-order valence-electron chi connectivity index (χ0n) is 13.7. The number of nitrogens with one attached hydrogen (secondary N) is 1. The van der Waals surface area contributed by atoms with Crippen molar-refractivity contribution in [3.63, 3.8) is 0 Å². The highest BCUT2D eigenvalue weighted by atomic mass is 79.9. The lowest BCUT2D eigenvalue weighted by Crippen LogP contribution is -2.43. The smallest absolute Gasteiger partial charge is 0.262 e. The van der Waals surface area contributed by atoms with Gasteiger partial charge >= 0.3 is 0 Å². The van der Waals surface area contributed by atoms with E-state index < -0.39 is 0 Å². The van der Waals surface area contributed by atoms with Gasteiger partial charge in [0.25, 0.3) is 5.91 Å². The SMILES string of the molecule is Cc1ccccc1N1C(=O)c2ccccc2N[C@H]1c1ccccc1Br. The summed E-state index contributed by atoms with van der Waals surface area (Å²) in [6.07, 6.45) is -0.279. The molecule has 1 amide bonds. The molecule has 1 N–H and O–H groups in total. The molecule has 3 aromatic carbocycles. The molecular weight excluding hydrogens is 376 g/mol. The number of fused-ring (bicyclic) bond motifs is 1. The molecule has 4 heteroatoms. The van der Waals surface area contributed by atoms with Crippen LogP contribution in [-0.2, 0) is 0 Å².